The number of nitrogens with zero attached hydrogens (tertiary/aromatic N) is 2. The first-order chi connectivity index (χ1) is 13.6. The summed E-state index contributed by atoms with van der Waals surface area (Å²) in [5.74, 6) is 0.162. The van der Waals surface area contributed by atoms with Gasteiger partial charge in [0.1, 0.15) is 10.6 Å². The summed E-state index contributed by atoms with van der Waals surface area (Å²) in [5, 5.41) is 7.68. The summed E-state index contributed by atoms with van der Waals surface area (Å²) >= 11 is 3.17. The Labute approximate surface area is 171 Å². The predicted octanol–water partition coefficient (Wildman–Crippen LogP) is 6.28. The number of nitrogens with one attached hydrogen (secondary N) is 2. The number of benzene rings is 1. The summed E-state index contributed by atoms with van der Waals surface area (Å²) in [7, 11) is 2.00. The Morgan fingerprint density at radius 2 is 2.04 bits per heavy atom. The fraction of sp³-hybridized carbons (Fsp3) is 0.333. The van der Waals surface area contributed by atoms with Crippen molar-refractivity contribution >= 4 is 54.5 Å². The van der Waals surface area contributed by atoms with Crippen molar-refractivity contribution in [2.45, 2.75) is 38.6 Å². The average Bonchev–Trinajstić information content (AvgIpc) is 3.32. The molecule has 0 aliphatic heterocycles. The van der Waals surface area contributed by atoms with E-state index in [1.807, 2.05) is 13.1 Å². The third kappa shape index (κ3) is 3.62. The van der Waals surface area contributed by atoms with Crippen LogP contribution in [-0.2, 0) is 0 Å². The molecule has 0 aliphatic carbocycles. The first-order valence-electron chi connectivity index (χ1n) is 9.46. The Kier molecular flexibility index (Phi) is 5.57. The average molecular weight is 415 g/mol. The fourth-order valence-electron chi connectivity index (χ4n) is 3.52. The van der Waals surface area contributed by atoms with Crippen molar-refractivity contribution in [3.63, 3.8) is 0 Å². The lowest BCUT2D eigenvalue weighted by atomic mass is 9.94. The van der Waals surface area contributed by atoms with Crippen LogP contribution in [0.3, 0.4) is 0 Å². The van der Waals surface area contributed by atoms with Crippen molar-refractivity contribution in [3.05, 3.63) is 46.7 Å². The molecule has 1 aromatic carbocycles. The first kappa shape index (κ1) is 19.2. The smallest absolute Gasteiger partial charge is 0.148 e. The zero-order chi connectivity index (χ0) is 19.7. The van der Waals surface area contributed by atoms with Gasteiger partial charge in [-0.1, -0.05) is 13.3 Å². The lowest BCUT2D eigenvalue weighted by Crippen LogP contribution is -2.28. The van der Waals surface area contributed by atoms with Gasteiger partial charge in [-0.25, -0.2) is 14.4 Å². The Balaban J connectivity index is 1.73. The third-order valence-corrected chi connectivity index (χ3v) is 7.13. The monoisotopic (exact) mass is 414 g/mol. The van der Waals surface area contributed by atoms with Gasteiger partial charge in [0.2, 0.25) is 0 Å². The Morgan fingerprint density at radius 1 is 1.18 bits per heavy atom. The van der Waals surface area contributed by atoms with Crippen LogP contribution in [0.25, 0.3) is 20.4 Å². The van der Waals surface area contributed by atoms with E-state index in [9.17, 15) is 4.39 Å². The number of hydrogen-bond acceptors (Lipinski definition) is 6. The molecule has 3 aromatic heterocycles. The second-order valence-electron chi connectivity index (χ2n) is 6.98. The summed E-state index contributed by atoms with van der Waals surface area (Å²) in [6.45, 7) is 4.43. The highest BCUT2D eigenvalue weighted by Crippen LogP contribution is 2.38. The van der Waals surface area contributed by atoms with E-state index in [2.05, 4.69) is 40.5 Å². The van der Waals surface area contributed by atoms with Crippen LogP contribution < -0.4 is 10.6 Å². The van der Waals surface area contributed by atoms with E-state index in [0.717, 1.165) is 39.0 Å². The van der Waals surface area contributed by atoms with Gasteiger partial charge >= 0.3 is 0 Å². The van der Waals surface area contributed by atoms with Crippen LogP contribution in [0, 0.1) is 5.82 Å². The lowest BCUT2D eigenvalue weighted by Gasteiger charge is -2.21. The zero-order valence-corrected chi connectivity index (χ0v) is 17.8. The van der Waals surface area contributed by atoms with Crippen LogP contribution in [0.15, 0.2) is 36.0 Å². The van der Waals surface area contributed by atoms with Crippen molar-refractivity contribution in [2.24, 2.45) is 0 Å². The van der Waals surface area contributed by atoms with Gasteiger partial charge in [0.25, 0.3) is 0 Å². The Morgan fingerprint density at radius 3 is 2.82 bits per heavy atom. The van der Waals surface area contributed by atoms with Gasteiger partial charge < -0.3 is 10.6 Å². The molecule has 0 spiro atoms. The molecule has 0 amide bonds. The molecule has 4 nitrogen and oxygen atoms in total. The molecule has 0 saturated heterocycles. The van der Waals surface area contributed by atoms with Gasteiger partial charge in [0.05, 0.1) is 27.1 Å². The summed E-state index contributed by atoms with van der Waals surface area (Å²) in [6, 6.07) is 7.80. The molecule has 0 bridgehead atoms. The van der Waals surface area contributed by atoms with Crippen LogP contribution in [0.2, 0.25) is 0 Å². The summed E-state index contributed by atoms with van der Waals surface area (Å²) in [5.41, 5.74) is 3.84. The topological polar surface area (TPSA) is 49.8 Å². The van der Waals surface area contributed by atoms with Crippen molar-refractivity contribution in [3.8, 4) is 0 Å². The van der Waals surface area contributed by atoms with Crippen molar-refractivity contribution in [2.75, 3.05) is 12.4 Å². The number of aromatic nitrogens is 2. The largest absolute Gasteiger partial charge is 0.352 e. The molecule has 0 saturated carbocycles. The van der Waals surface area contributed by atoms with E-state index in [4.69, 9.17) is 0 Å². The molecule has 2 N–H and O–H groups in total. The van der Waals surface area contributed by atoms with Gasteiger partial charge in [-0.2, -0.15) is 0 Å². The highest BCUT2D eigenvalue weighted by molar-refractivity contribution is 7.18. The number of anilines is 2. The van der Waals surface area contributed by atoms with Gasteiger partial charge in [-0.15, -0.1) is 22.7 Å². The summed E-state index contributed by atoms with van der Waals surface area (Å²) < 4.78 is 15.4. The number of fused-ring (bicyclic) bond motifs is 2. The second-order valence-corrected chi connectivity index (χ2v) is 8.92. The minimum Gasteiger partial charge on any atom is -0.352 e. The maximum absolute atomic E-state index is 14.6. The molecule has 3 heterocycles. The highest BCUT2D eigenvalue weighted by atomic mass is 32.1. The van der Waals surface area contributed by atoms with Crippen LogP contribution in [0.1, 0.15) is 37.5 Å². The number of rotatable bonds is 7. The molecular formula is C21H23FN4S2. The van der Waals surface area contributed by atoms with Crippen molar-refractivity contribution < 1.29 is 4.39 Å². The molecule has 2 unspecified atom stereocenters. The second kappa shape index (κ2) is 8.11. The molecule has 28 heavy (non-hydrogen) atoms. The molecular weight excluding hydrogens is 391 g/mol. The molecule has 2 atom stereocenters. The number of likely N-dealkylation sites (N-methyl/N-ethyl adjacent to an activating group) is 1. The normalized spacial score (nSPS) is 13.9. The van der Waals surface area contributed by atoms with E-state index < -0.39 is 0 Å². The number of halogens is 1. The Hall–Kier alpha value is -2.09. The standard InChI is InChI=1S/C21H23FN4S2/c1-4-5-13(12(2)23-3)19-8-14-16(6-7-24-21(14)28-19)26-17-10-18-20(9-15(17)22)27-11-25-18/h6-13,23H,4-5H2,1-3H3,(H,24,26). The minimum atomic E-state index is -0.273. The SMILES string of the molecule is CCCC(c1cc2c(Nc3cc4ncsc4cc3F)ccnc2s1)C(C)NC. The number of thiophene rings is 1. The van der Waals surface area contributed by atoms with E-state index in [1.165, 1.54) is 16.2 Å². The lowest BCUT2D eigenvalue weighted by molar-refractivity contribution is 0.470. The molecule has 7 heteroatoms. The first-order valence-corrected chi connectivity index (χ1v) is 11.2. The Bertz CT molecular complexity index is 1100. The van der Waals surface area contributed by atoms with Crippen molar-refractivity contribution in [1.82, 2.24) is 15.3 Å². The molecule has 0 aliphatic rings. The van der Waals surface area contributed by atoms with E-state index in [0.29, 0.717) is 17.6 Å². The maximum atomic E-state index is 14.6. The number of hydrogen-bond donors (Lipinski definition) is 2. The zero-order valence-electron chi connectivity index (χ0n) is 16.1. The molecule has 0 fully saturated rings. The quantitative estimate of drug-likeness (QED) is 0.374. The van der Waals surface area contributed by atoms with Crippen LogP contribution in [-0.4, -0.2) is 23.1 Å². The molecule has 4 aromatic rings. The fourth-order valence-corrected chi connectivity index (χ4v) is 5.47. The predicted molar refractivity (Wildman–Crippen MR) is 119 cm³/mol. The van der Waals surface area contributed by atoms with Gasteiger partial charge in [0.15, 0.2) is 0 Å². The third-order valence-electron chi connectivity index (χ3n) is 5.17. The molecule has 0 radical (unpaired) electrons. The van der Waals surface area contributed by atoms with E-state index in [-0.39, 0.29) is 5.82 Å². The van der Waals surface area contributed by atoms with Gasteiger partial charge in [-0.05, 0) is 44.7 Å². The summed E-state index contributed by atoms with van der Waals surface area (Å²) in [4.78, 5) is 11.1. The van der Waals surface area contributed by atoms with Crippen LogP contribution in [0.5, 0.6) is 0 Å². The van der Waals surface area contributed by atoms with Crippen LogP contribution >= 0.6 is 22.7 Å². The van der Waals surface area contributed by atoms with Gasteiger partial charge in [0, 0.05) is 28.4 Å². The van der Waals surface area contributed by atoms with Crippen LogP contribution in [0.4, 0.5) is 15.8 Å². The number of thiazole rings is 1. The molecule has 146 valence electrons. The number of pyridine rings is 1. The maximum Gasteiger partial charge on any atom is 0.148 e. The minimum absolute atomic E-state index is 0.273. The van der Waals surface area contributed by atoms with Gasteiger partial charge in [-0.3, -0.25) is 0 Å². The van der Waals surface area contributed by atoms with E-state index in [1.54, 1.807) is 35.2 Å². The highest BCUT2D eigenvalue weighted by Gasteiger charge is 2.21. The van der Waals surface area contributed by atoms with E-state index >= 15 is 0 Å². The summed E-state index contributed by atoms with van der Waals surface area (Å²) in [6.07, 6.45) is 4.02. The molecule has 4 rings (SSSR count). The van der Waals surface area contributed by atoms with Crippen molar-refractivity contribution in [1.29, 1.82) is 0 Å².